The van der Waals surface area contributed by atoms with Crippen LogP contribution in [0.4, 0.5) is 0 Å². The van der Waals surface area contributed by atoms with E-state index in [1.165, 1.54) is 50.8 Å². The van der Waals surface area contributed by atoms with Gasteiger partial charge in [-0.2, -0.15) is 0 Å². The maximum atomic E-state index is 2.68. The van der Waals surface area contributed by atoms with Crippen LogP contribution < -0.4 is 0 Å². The van der Waals surface area contributed by atoms with E-state index in [-0.39, 0.29) is 0 Å². The van der Waals surface area contributed by atoms with Gasteiger partial charge in [-0.05, 0) is 37.9 Å². The topological polar surface area (TPSA) is 3.24 Å². The molecule has 1 saturated heterocycles. The molecule has 0 aromatic heterocycles. The van der Waals surface area contributed by atoms with Gasteiger partial charge in [0.2, 0.25) is 0 Å². The highest BCUT2D eigenvalue weighted by Gasteiger charge is 2.19. The molecule has 1 nitrogen and oxygen atoms in total. The van der Waals surface area contributed by atoms with Crippen molar-refractivity contribution in [2.75, 3.05) is 13.1 Å². The molecule has 2 rings (SSSR count). The van der Waals surface area contributed by atoms with Gasteiger partial charge in [-0.25, -0.2) is 0 Å². The molecule has 1 fully saturated rings. The molecule has 0 N–H and O–H groups in total. The molecule has 1 aliphatic heterocycles. The zero-order chi connectivity index (χ0) is 11.2. The van der Waals surface area contributed by atoms with E-state index in [1.807, 2.05) is 0 Å². The molecule has 1 atom stereocenters. The van der Waals surface area contributed by atoms with Gasteiger partial charge in [-0.3, -0.25) is 4.90 Å². The molecule has 16 heavy (non-hydrogen) atoms. The molecule has 1 heteroatoms. The van der Waals surface area contributed by atoms with Crippen LogP contribution in [0.3, 0.4) is 0 Å². The second-order valence-corrected chi connectivity index (χ2v) is 4.78. The highest BCUT2D eigenvalue weighted by molar-refractivity contribution is 5.18. The molecule has 0 amide bonds. The summed E-state index contributed by atoms with van der Waals surface area (Å²) in [5, 5.41) is 0. The Morgan fingerprint density at radius 1 is 1.00 bits per heavy atom. The van der Waals surface area contributed by atoms with E-state index >= 15 is 0 Å². The Morgan fingerprint density at radius 3 is 2.19 bits per heavy atom. The number of hydrogen-bond acceptors (Lipinski definition) is 1. The fourth-order valence-corrected chi connectivity index (χ4v) is 2.79. The van der Waals surface area contributed by atoms with Crippen LogP contribution in [-0.2, 0) is 0 Å². The van der Waals surface area contributed by atoms with E-state index in [0.717, 1.165) is 0 Å². The third kappa shape index (κ3) is 2.85. The van der Waals surface area contributed by atoms with E-state index in [4.69, 9.17) is 0 Å². The van der Waals surface area contributed by atoms with Crippen molar-refractivity contribution in [3.05, 3.63) is 35.9 Å². The molecule has 1 aromatic carbocycles. The predicted octanol–water partition coefficient (Wildman–Crippen LogP) is 4.01. The second kappa shape index (κ2) is 6.05. The lowest BCUT2D eigenvalue weighted by molar-refractivity contribution is 0.200. The Hall–Kier alpha value is -0.820. The van der Waals surface area contributed by atoms with E-state index < -0.39 is 0 Å². The molecular weight excluding hydrogens is 194 g/mol. The summed E-state index contributed by atoms with van der Waals surface area (Å²) in [6.45, 7) is 4.88. The number of nitrogens with zero attached hydrogens (tertiary/aromatic N) is 1. The molecule has 1 aromatic rings. The van der Waals surface area contributed by atoms with Gasteiger partial charge in [0.1, 0.15) is 0 Å². The highest BCUT2D eigenvalue weighted by Crippen LogP contribution is 2.26. The first-order valence-corrected chi connectivity index (χ1v) is 6.71. The van der Waals surface area contributed by atoms with Crippen LogP contribution in [0.15, 0.2) is 30.3 Å². The molecule has 0 saturated carbocycles. The lowest BCUT2D eigenvalue weighted by atomic mass is 10.0. The van der Waals surface area contributed by atoms with E-state index in [9.17, 15) is 0 Å². The third-order valence-electron chi connectivity index (χ3n) is 3.65. The van der Waals surface area contributed by atoms with Crippen molar-refractivity contribution in [3.63, 3.8) is 0 Å². The number of hydrogen-bond donors (Lipinski definition) is 0. The predicted molar refractivity (Wildman–Crippen MR) is 69.5 cm³/mol. The van der Waals surface area contributed by atoms with Crippen LogP contribution in [0.5, 0.6) is 0 Å². The zero-order valence-electron chi connectivity index (χ0n) is 10.4. The van der Waals surface area contributed by atoms with Gasteiger partial charge in [0.05, 0.1) is 0 Å². The Labute approximate surface area is 99.5 Å². The summed E-state index contributed by atoms with van der Waals surface area (Å²) in [5.74, 6) is 0. The van der Waals surface area contributed by atoms with Gasteiger partial charge in [0.15, 0.2) is 0 Å². The van der Waals surface area contributed by atoms with Crippen LogP contribution in [-0.4, -0.2) is 18.0 Å². The highest BCUT2D eigenvalue weighted by atomic mass is 15.1. The molecule has 0 unspecified atom stereocenters. The summed E-state index contributed by atoms with van der Waals surface area (Å²) in [4.78, 5) is 2.68. The van der Waals surface area contributed by atoms with Crippen molar-refractivity contribution in [1.82, 2.24) is 4.90 Å². The smallest absolute Gasteiger partial charge is 0.0345 e. The Balaban J connectivity index is 2.09. The largest absolute Gasteiger partial charge is 0.296 e. The summed E-state index contributed by atoms with van der Waals surface area (Å²) in [6.07, 6.45) is 6.82. The van der Waals surface area contributed by atoms with Crippen LogP contribution in [0.1, 0.15) is 50.6 Å². The summed E-state index contributed by atoms with van der Waals surface area (Å²) in [7, 11) is 0. The minimum atomic E-state index is 0.638. The average molecular weight is 217 g/mol. The van der Waals surface area contributed by atoms with Gasteiger partial charge < -0.3 is 0 Å². The molecule has 0 spiro atoms. The van der Waals surface area contributed by atoms with Gasteiger partial charge in [0, 0.05) is 6.04 Å². The summed E-state index contributed by atoms with van der Waals surface area (Å²) in [6, 6.07) is 11.6. The normalized spacial score (nSPS) is 20.3. The average Bonchev–Trinajstić information content (AvgIpc) is 2.61. The Morgan fingerprint density at radius 2 is 1.62 bits per heavy atom. The molecule has 0 aliphatic carbocycles. The molecule has 1 aliphatic rings. The van der Waals surface area contributed by atoms with Crippen molar-refractivity contribution in [1.29, 1.82) is 0 Å². The van der Waals surface area contributed by atoms with Crippen molar-refractivity contribution in [3.8, 4) is 0 Å². The molecule has 88 valence electrons. The van der Waals surface area contributed by atoms with Gasteiger partial charge in [-0.15, -0.1) is 0 Å². The number of likely N-dealkylation sites (tertiary alicyclic amines) is 1. The summed E-state index contributed by atoms with van der Waals surface area (Å²) >= 11 is 0. The van der Waals surface area contributed by atoms with Crippen LogP contribution >= 0.6 is 0 Å². The molecule has 0 radical (unpaired) electrons. The summed E-state index contributed by atoms with van der Waals surface area (Å²) in [5.41, 5.74) is 1.49. The molecular formula is C15H23N. The van der Waals surface area contributed by atoms with Gasteiger partial charge >= 0.3 is 0 Å². The minimum absolute atomic E-state index is 0.638. The third-order valence-corrected chi connectivity index (χ3v) is 3.65. The quantitative estimate of drug-likeness (QED) is 0.739. The Kier molecular flexibility index (Phi) is 4.41. The van der Waals surface area contributed by atoms with E-state index in [2.05, 4.69) is 42.2 Å². The minimum Gasteiger partial charge on any atom is -0.296 e. The van der Waals surface area contributed by atoms with Crippen molar-refractivity contribution in [2.24, 2.45) is 0 Å². The van der Waals surface area contributed by atoms with Crippen molar-refractivity contribution >= 4 is 0 Å². The monoisotopic (exact) mass is 217 g/mol. The lowest BCUT2D eigenvalue weighted by Gasteiger charge is -2.30. The Bertz CT molecular complexity index is 286. The fourth-order valence-electron chi connectivity index (χ4n) is 2.79. The standard InChI is InChI=1S/C15H23N/c1-2-15(14-10-6-5-7-11-14)16-12-8-3-4-9-13-16/h5-7,10-11,15H,2-4,8-9,12-13H2,1H3/t15-/m1/s1. The van der Waals surface area contributed by atoms with Crippen LogP contribution in [0.25, 0.3) is 0 Å². The SMILES string of the molecule is CC[C@H](c1ccccc1)N1CCCCCC1. The zero-order valence-corrected chi connectivity index (χ0v) is 10.4. The lowest BCUT2D eigenvalue weighted by Crippen LogP contribution is -2.29. The van der Waals surface area contributed by atoms with E-state index in [0.29, 0.717) is 6.04 Å². The first kappa shape index (κ1) is 11.7. The van der Waals surface area contributed by atoms with Crippen LogP contribution in [0.2, 0.25) is 0 Å². The summed E-state index contributed by atoms with van der Waals surface area (Å²) < 4.78 is 0. The van der Waals surface area contributed by atoms with Gasteiger partial charge in [0.25, 0.3) is 0 Å². The number of rotatable bonds is 3. The molecule has 0 bridgehead atoms. The van der Waals surface area contributed by atoms with Crippen molar-refractivity contribution < 1.29 is 0 Å². The first-order valence-electron chi connectivity index (χ1n) is 6.71. The fraction of sp³-hybridized carbons (Fsp3) is 0.600. The maximum Gasteiger partial charge on any atom is 0.0345 e. The number of benzene rings is 1. The van der Waals surface area contributed by atoms with Gasteiger partial charge in [-0.1, -0.05) is 50.1 Å². The molecule has 1 heterocycles. The second-order valence-electron chi connectivity index (χ2n) is 4.78. The van der Waals surface area contributed by atoms with E-state index in [1.54, 1.807) is 0 Å². The maximum absolute atomic E-state index is 2.68. The van der Waals surface area contributed by atoms with Crippen LogP contribution in [0, 0.1) is 0 Å². The first-order chi connectivity index (χ1) is 7.92. The van der Waals surface area contributed by atoms with Crippen molar-refractivity contribution in [2.45, 2.75) is 45.1 Å².